The molecule has 1 heterocycles. The number of ether oxygens (including phenoxy) is 2. The second kappa shape index (κ2) is 8.66. The largest absolute Gasteiger partial charge is 0.473 e. The summed E-state index contributed by atoms with van der Waals surface area (Å²) in [6, 6.07) is 5.98. The van der Waals surface area contributed by atoms with Crippen molar-refractivity contribution >= 4 is 22.7 Å². The standard InChI is InChI=1S/C17H18N2O5/c1-3-4-9-23-11-24-19-15(17(21)22-2)16(20)13-10-18-14-8-6-5-7-12(13)14/h3-10,15,18-19H,1,11H2,2H3/b9-4+. The first-order valence-corrected chi connectivity index (χ1v) is 7.13. The summed E-state index contributed by atoms with van der Waals surface area (Å²) in [6.45, 7) is 3.29. The Bertz CT molecular complexity index is 750. The zero-order valence-electron chi connectivity index (χ0n) is 13.2. The molecule has 0 aliphatic heterocycles. The highest BCUT2D eigenvalue weighted by atomic mass is 16.8. The molecule has 1 unspecified atom stereocenters. The SMILES string of the molecule is C=C/C=C/OCONC(C(=O)OC)C(=O)c1c[nH]c2ccccc12. The summed E-state index contributed by atoms with van der Waals surface area (Å²) in [5.74, 6) is -1.23. The number of ketones is 1. The predicted molar refractivity (Wildman–Crippen MR) is 87.9 cm³/mol. The fraction of sp³-hybridized carbons (Fsp3) is 0.176. The molecular formula is C17H18N2O5. The number of hydrogen-bond acceptors (Lipinski definition) is 6. The fourth-order valence-corrected chi connectivity index (χ4v) is 2.06. The van der Waals surface area contributed by atoms with E-state index in [-0.39, 0.29) is 6.79 Å². The van der Waals surface area contributed by atoms with E-state index in [1.807, 2.05) is 18.2 Å². The van der Waals surface area contributed by atoms with Crippen LogP contribution in [-0.2, 0) is 19.1 Å². The maximum absolute atomic E-state index is 12.7. The number of esters is 1. The topological polar surface area (TPSA) is 89.7 Å². The van der Waals surface area contributed by atoms with Crippen LogP contribution in [0.25, 0.3) is 10.9 Å². The third-order valence-corrected chi connectivity index (χ3v) is 3.19. The molecular weight excluding hydrogens is 312 g/mol. The lowest BCUT2D eigenvalue weighted by Gasteiger charge is -2.14. The molecule has 2 N–H and O–H groups in total. The van der Waals surface area contributed by atoms with Gasteiger partial charge in [0.2, 0.25) is 6.79 Å². The molecule has 0 spiro atoms. The average molecular weight is 330 g/mol. The Morgan fingerprint density at radius 3 is 2.92 bits per heavy atom. The maximum atomic E-state index is 12.7. The van der Waals surface area contributed by atoms with Gasteiger partial charge in [0.1, 0.15) is 0 Å². The van der Waals surface area contributed by atoms with Crippen molar-refractivity contribution in [3.05, 3.63) is 61.0 Å². The Hall–Kier alpha value is -2.90. The normalized spacial score (nSPS) is 12.2. The number of benzene rings is 1. The first kappa shape index (κ1) is 17.5. The van der Waals surface area contributed by atoms with Gasteiger partial charge in [0.15, 0.2) is 11.8 Å². The van der Waals surface area contributed by atoms with Crippen molar-refractivity contribution in [1.29, 1.82) is 0 Å². The molecule has 0 aliphatic rings. The van der Waals surface area contributed by atoms with E-state index in [0.29, 0.717) is 10.9 Å². The Labute approximate surface area is 138 Å². The third-order valence-electron chi connectivity index (χ3n) is 3.19. The van der Waals surface area contributed by atoms with Crippen molar-refractivity contribution in [3.63, 3.8) is 0 Å². The minimum absolute atomic E-state index is 0.195. The van der Waals surface area contributed by atoms with Crippen LogP contribution in [0.4, 0.5) is 0 Å². The van der Waals surface area contributed by atoms with E-state index in [4.69, 9.17) is 9.57 Å². The van der Waals surface area contributed by atoms with Gasteiger partial charge in [-0.2, -0.15) is 5.48 Å². The third kappa shape index (κ3) is 4.09. The number of methoxy groups -OCH3 is 1. The van der Waals surface area contributed by atoms with Gasteiger partial charge in [-0.05, 0) is 12.1 Å². The zero-order valence-corrected chi connectivity index (χ0v) is 13.2. The van der Waals surface area contributed by atoms with E-state index in [1.54, 1.807) is 18.3 Å². The summed E-state index contributed by atoms with van der Waals surface area (Å²) in [7, 11) is 1.20. The van der Waals surface area contributed by atoms with Gasteiger partial charge in [0.05, 0.1) is 13.4 Å². The molecule has 0 aliphatic carbocycles. The van der Waals surface area contributed by atoms with Crippen LogP contribution in [0.5, 0.6) is 0 Å². The highest BCUT2D eigenvalue weighted by molar-refractivity contribution is 6.17. The quantitative estimate of drug-likeness (QED) is 0.107. The number of aromatic amines is 1. The lowest BCUT2D eigenvalue weighted by atomic mass is 10.0. The smallest absolute Gasteiger partial charge is 0.333 e. The van der Waals surface area contributed by atoms with Crippen molar-refractivity contribution < 1.29 is 23.9 Å². The average Bonchev–Trinajstić information content (AvgIpc) is 3.04. The second-order valence-electron chi connectivity index (χ2n) is 4.68. The van der Waals surface area contributed by atoms with Crippen LogP contribution in [0.3, 0.4) is 0 Å². The minimum Gasteiger partial charge on any atom is -0.473 e. The van der Waals surface area contributed by atoms with Gasteiger partial charge in [-0.15, -0.1) is 0 Å². The van der Waals surface area contributed by atoms with Gasteiger partial charge >= 0.3 is 5.97 Å². The number of fused-ring (bicyclic) bond motifs is 1. The van der Waals surface area contributed by atoms with Crippen LogP contribution in [0.15, 0.2) is 55.5 Å². The summed E-state index contributed by atoms with van der Waals surface area (Å²) in [4.78, 5) is 32.5. The van der Waals surface area contributed by atoms with Crippen molar-refractivity contribution in [2.24, 2.45) is 0 Å². The summed E-state index contributed by atoms with van der Waals surface area (Å²) in [6.07, 6.45) is 6.01. The van der Waals surface area contributed by atoms with Gasteiger partial charge in [0.25, 0.3) is 0 Å². The molecule has 7 nitrogen and oxygen atoms in total. The molecule has 2 rings (SSSR count). The number of carbonyl (C=O) groups is 2. The summed E-state index contributed by atoms with van der Waals surface area (Å²) in [5, 5.41) is 0.711. The maximum Gasteiger partial charge on any atom is 0.333 e. The number of hydrogen-bond donors (Lipinski definition) is 2. The van der Waals surface area contributed by atoms with E-state index in [0.717, 1.165) is 5.52 Å². The Morgan fingerprint density at radius 1 is 1.38 bits per heavy atom. The Balaban J connectivity index is 2.09. The number of allylic oxidation sites excluding steroid dienone is 2. The molecule has 0 radical (unpaired) electrons. The predicted octanol–water partition coefficient (Wildman–Crippen LogP) is 2.09. The first-order valence-electron chi connectivity index (χ1n) is 7.13. The molecule has 24 heavy (non-hydrogen) atoms. The summed E-state index contributed by atoms with van der Waals surface area (Å²) >= 11 is 0. The van der Waals surface area contributed by atoms with Crippen molar-refractivity contribution in [2.45, 2.75) is 6.04 Å². The number of para-hydroxylation sites is 1. The van der Waals surface area contributed by atoms with Crippen LogP contribution >= 0.6 is 0 Å². The lowest BCUT2D eigenvalue weighted by Crippen LogP contribution is -2.44. The van der Waals surface area contributed by atoms with E-state index >= 15 is 0 Å². The van der Waals surface area contributed by atoms with Crippen LogP contribution < -0.4 is 5.48 Å². The monoisotopic (exact) mass is 330 g/mol. The van der Waals surface area contributed by atoms with Gasteiger partial charge in [0, 0.05) is 22.7 Å². The number of aromatic nitrogens is 1. The summed E-state index contributed by atoms with van der Waals surface area (Å²) in [5.41, 5.74) is 3.54. The molecule has 0 bridgehead atoms. The van der Waals surface area contributed by atoms with E-state index in [9.17, 15) is 9.59 Å². The molecule has 0 amide bonds. The number of rotatable bonds is 9. The molecule has 1 aromatic carbocycles. The number of Topliss-reactive ketones (excluding diaryl/α,β-unsaturated/α-hetero) is 1. The molecule has 126 valence electrons. The molecule has 0 saturated carbocycles. The van der Waals surface area contributed by atoms with Crippen LogP contribution in [0, 0.1) is 0 Å². The fourth-order valence-electron chi connectivity index (χ4n) is 2.06. The lowest BCUT2D eigenvalue weighted by molar-refractivity contribution is -0.149. The van der Waals surface area contributed by atoms with E-state index in [2.05, 4.69) is 21.8 Å². The number of hydroxylamine groups is 1. The number of carbonyl (C=O) groups excluding carboxylic acids is 2. The Morgan fingerprint density at radius 2 is 2.17 bits per heavy atom. The molecule has 1 atom stereocenters. The highest BCUT2D eigenvalue weighted by Gasteiger charge is 2.30. The van der Waals surface area contributed by atoms with Crippen LogP contribution in [0.2, 0.25) is 0 Å². The molecule has 1 aromatic heterocycles. The highest BCUT2D eigenvalue weighted by Crippen LogP contribution is 2.19. The Kier molecular flexibility index (Phi) is 6.30. The number of H-pyrrole nitrogens is 1. The van der Waals surface area contributed by atoms with Crippen LogP contribution in [-0.4, -0.2) is 36.7 Å². The zero-order chi connectivity index (χ0) is 17.4. The van der Waals surface area contributed by atoms with Gasteiger partial charge in [-0.25, -0.2) is 4.79 Å². The number of nitrogens with one attached hydrogen (secondary N) is 2. The van der Waals surface area contributed by atoms with Gasteiger partial charge < -0.3 is 14.5 Å². The van der Waals surface area contributed by atoms with Gasteiger partial charge in [-0.3, -0.25) is 9.63 Å². The molecule has 7 heteroatoms. The summed E-state index contributed by atoms with van der Waals surface area (Å²) < 4.78 is 9.63. The van der Waals surface area contributed by atoms with Gasteiger partial charge in [-0.1, -0.05) is 30.9 Å². The van der Waals surface area contributed by atoms with Crippen LogP contribution in [0.1, 0.15) is 10.4 Å². The second-order valence-corrected chi connectivity index (χ2v) is 4.68. The van der Waals surface area contributed by atoms with E-state index in [1.165, 1.54) is 19.4 Å². The molecule has 2 aromatic rings. The van der Waals surface area contributed by atoms with E-state index < -0.39 is 17.8 Å². The van der Waals surface area contributed by atoms with Crippen molar-refractivity contribution in [3.8, 4) is 0 Å². The van der Waals surface area contributed by atoms with Crippen molar-refractivity contribution in [1.82, 2.24) is 10.5 Å². The first-order chi connectivity index (χ1) is 11.7. The molecule has 0 saturated heterocycles. The minimum atomic E-state index is -1.30. The van der Waals surface area contributed by atoms with Crippen molar-refractivity contribution in [2.75, 3.05) is 13.9 Å². The molecule has 0 fully saturated rings.